The Morgan fingerprint density at radius 3 is 2.44 bits per heavy atom. The number of nitrogens with zero attached hydrogens (tertiary/aromatic N) is 1. The molecule has 0 unspecified atom stereocenters. The number of aromatic carboxylic acids is 2. The molecular weight excluding hydrogens is 350 g/mol. The zero-order valence-electron chi connectivity index (χ0n) is 12.4. The molecule has 0 aliphatic carbocycles. The van der Waals surface area contributed by atoms with Crippen LogP contribution in [0.25, 0.3) is 22.0 Å². The summed E-state index contributed by atoms with van der Waals surface area (Å²) in [5, 5.41) is 19.6. The molecule has 0 spiro atoms. The minimum atomic E-state index is -1.57. The van der Waals surface area contributed by atoms with E-state index < -0.39 is 34.4 Å². The number of carboxylic acids is 2. The monoisotopic (exact) mass is 359 g/mol. The van der Waals surface area contributed by atoms with Gasteiger partial charge < -0.3 is 20.9 Å². The number of fused-ring (bicyclic) bond motifs is 1. The van der Waals surface area contributed by atoms with Crippen LogP contribution in [0, 0.1) is 0 Å². The predicted octanol–water partition coefficient (Wildman–Crippen LogP) is 2.22. The van der Waals surface area contributed by atoms with Gasteiger partial charge in [-0.05, 0) is 23.8 Å². The number of hydrogen-bond donors (Lipinski definition) is 4. The SMILES string of the molecule is Nc1[nH]c(=O)c(C(=O)O)c(-c2ccc3nccc(Cl)c3c2)c1C(=O)O. The minimum Gasteiger partial charge on any atom is -0.478 e. The fraction of sp³-hybridized carbons (Fsp3) is 0. The third-order valence-corrected chi connectivity index (χ3v) is 3.98. The fourth-order valence-electron chi connectivity index (χ4n) is 2.60. The highest BCUT2D eigenvalue weighted by atomic mass is 35.5. The van der Waals surface area contributed by atoms with Crippen LogP contribution in [-0.2, 0) is 0 Å². The van der Waals surface area contributed by atoms with E-state index in [0.717, 1.165) is 0 Å². The van der Waals surface area contributed by atoms with E-state index in [4.69, 9.17) is 17.3 Å². The lowest BCUT2D eigenvalue weighted by atomic mass is 9.94. The number of aromatic nitrogens is 2. The van der Waals surface area contributed by atoms with E-state index in [0.29, 0.717) is 15.9 Å². The molecule has 0 amide bonds. The Balaban J connectivity index is 2.48. The highest BCUT2D eigenvalue weighted by Crippen LogP contribution is 2.32. The number of carboxylic acid groups (broad SMARTS) is 2. The Bertz CT molecular complexity index is 1110. The number of rotatable bonds is 3. The summed E-state index contributed by atoms with van der Waals surface area (Å²) in [4.78, 5) is 41.3. The maximum absolute atomic E-state index is 12.0. The van der Waals surface area contributed by atoms with Gasteiger partial charge in [0.05, 0.1) is 10.5 Å². The topological polar surface area (TPSA) is 146 Å². The number of nitrogens with two attached hydrogens (primary N) is 1. The summed E-state index contributed by atoms with van der Waals surface area (Å²) < 4.78 is 0. The van der Waals surface area contributed by atoms with Gasteiger partial charge >= 0.3 is 11.9 Å². The molecule has 126 valence electrons. The van der Waals surface area contributed by atoms with Gasteiger partial charge in [0, 0.05) is 17.1 Å². The van der Waals surface area contributed by atoms with E-state index in [1.807, 2.05) is 0 Å². The van der Waals surface area contributed by atoms with Crippen LogP contribution < -0.4 is 11.3 Å². The Kier molecular flexibility index (Phi) is 3.90. The average molecular weight is 360 g/mol. The summed E-state index contributed by atoms with van der Waals surface area (Å²) in [6, 6.07) is 6.01. The molecule has 2 heterocycles. The molecule has 25 heavy (non-hydrogen) atoms. The summed E-state index contributed by atoms with van der Waals surface area (Å²) in [5.74, 6) is -3.48. The van der Waals surface area contributed by atoms with Crippen LogP contribution in [0.4, 0.5) is 5.82 Å². The molecular formula is C16H10ClN3O5. The molecule has 5 N–H and O–H groups in total. The molecule has 0 fully saturated rings. The van der Waals surface area contributed by atoms with Crippen molar-refractivity contribution in [3.8, 4) is 11.1 Å². The molecule has 1 aromatic carbocycles. The molecule has 0 saturated carbocycles. The highest BCUT2D eigenvalue weighted by molar-refractivity contribution is 6.35. The molecule has 9 heteroatoms. The van der Waals surface area contributed by atoms with Gasteiger partial charge in [0.15, 0.2) is 0 Å². The summed E-state index contributed by atoms with van der Waals surface area (Å²) in [7, 11) is 0. The second kappa shape index (κ2) is 5.91. The van der Waals surface area contributed by atoms with Crippen molar-refractivity contribution in [1.82, 2.24) is 9.97 Å². The molecule has 0 radical (unpaired) electrons. The van der Waals surface area contributed by atoms with Gasteiger partial charge in [-0.15, -0.1) is 0 Å². The van der Waals surface area contributed by atoms with Crippen LogP contribution in [0.3, 0.4) is 0 Å². The van der Waals surface area contributed by atoms with Gasteiger partial charge in [-0.25, -0.2) is 9.59 Å². The number of anilines is 1. The van der Waals surface area contributed by atoms with Crippen molar-refractivity contribution in [1.29, 1.82) is 0 Å². The second-order valence-electron chi connectivity index (χ2n) is 5.13. The first-order valence-electron chi connectivity index (χ1n) is 6.88. The maximum Gasteiger partial charge on any atom is 0.342 e. The number of hydrogen-bond acceptors (Lipinski definition) is 5. The first-order valence-corrected chi connectivity index (χ1v) is 7.26. The molecule has 3 rings (SSSR count). The summed E-state index contributed by atoms with van der Waals surface area (Å²) >= 11 is 6.12. The van der Waals surface area contributed by atoms with Gasteiger partial charge in [-0.1, -0.05) is 17.7 Å². The number of nitrogen functional groups attached to an aromatic ring is 1. The summed E-state index contributed by atoms with van der Waals surface area (Å²) in [6.45, 7) is 0. The maximum atomic E-state index is 12.0. The van der Waals surface area contributed by atoms with Crippen molar-refractivity contribution in [3.63, 3.8) is 0 Å². The van der Waals surface area contributed by atoms with Crippen molar-refractivity contribution < 1.29 is 19.8 Å². The van der Waals surface area contributed by atoms with Gasteiger partial charge in [-0.3, -0.25) is 9.78 Å². The average Bonchev–Trinajstić information content (AvgIpc) is 2.53. The lowest BCUT2D eigenvalue weighted by molar-refractivity contribution is 0.0695. The van der Waals surface area contributed by atoms with Crippen LogP contribution in [-0.4, -0.2) is 32.1 Å². The molecule has 0 aliphatic heterocycles. The number of H-pyrrole nitrogens is 1. The molecule has 0 aliphatic rings. The first-order chi connectivity index (χ1) is 11.8. The van der Waals surface area contributed by atoms with E-state index in [1.165, 1.54) is 24.4 Å². The van der Waals surface area contributed by atoms with E-state index >= 15 is 0 Å². The Morgan fingerprint density at radius 2 is 1.80 bits per heavy atom. The normalized spacial score (nSPS) is 10.8. The number of pyridine rings is 2. The number of halogens is 1. The Labute approximate surface area is 144 Å². The molecule has 8 nitrogen and oxygen atoms in total. The lowest BCUT2D eigenvalue weighted by Gasteiger charge is -2.13. The predicted molar refractivity (Wildman–Crippen MR) is 91.1 cm³/mol. The molecule has 0 atom stereocenters. The fourth-order valence-corrected chi connectivity index (χ4v) is 2.81. The van der Waals surface area contributed by atoms with Crippen LogP contribution in [0.15, 0.2) is 35.3 Å². The Morgan fingerprint density at radius 1 is 1.12 bits per heavy atom. The third-order valence-electron chi connectivity index (χ3n) is 3.65. The van der Waals surface area contributed by atoms with Gasteiger partial charge in [0.2, 0.25) is 0 Å². The number of nitrogens with one attached hydrogen (secondary N) is 1. The lowest BCUT2D eigenvalue weighted by Crippen LogP contribution is -2.24. The highest BCUT2D eigenvalue weighted by Gasteiger charge is 2.26. The number of carbonyl (C=O) groups is 2. The van der Waals surface area contributed by atoms with Gasteiger partial charge in [-0.2, -0.15) is 0 Å². The number of benzene rings is 1. The standard InChI is InChI=1S/C16H10ClN3O5/c17-8-3-4-19-9-2-1-6(5-7(8)9)10-11(15(22)23)13(18)20-14(21)12(10)16(24)25/h1-5H,(H,22,23)(H,24,25)(H3,18,20,21). The molecule has 0 bridgehead atoms. The smallest absolute Gasteiger partial charge is 0.342 e. The quantitative estimate of drug-likeness (QED) is 0.560. The van der Waals surface area contributed by atoms with Gasteiger partial charge in [0.25, 0.3) is 5.56 Å². The van der Waals surface area contributed by atoms with Crippen molar-refractivity contribution in [2.24, 2.45) is 0 Å². The zero-order valence-corrected chi connectivity index (χ0v) is 13.2. The second-order valence-corrected chi connectivity index (χ2v) is 5.54. The minimum absolute atomic E-state index is 0.176. The van der Waals surface area contributed by atoms with Crippen molar-refractivity contribution >= 4 is 40.3 Å². The summed E-state index contributed by atoms with van der Waals surface area (Å²) in [5.41, 5.74) is 3.80. The Hall–Kier alpha value is -3.39. The number of aromatic amines is 1. The molecule has 0 saturated heterocycles. The van der Waals surface area contributed by atoms with Crippen LogP contribution in [0.2, 0.25) is 5.02 Å². The largest absolute Gasteiger partial charge is 0.478 e. The van der Waals surface area contributed by atoms with Crippen molar-refractivity contribution in [2.45, 2.75) is 0 Å². The van der Waals surface area contributed by atoms with Crippen LogP contribution in [0.5, 0.6) is 0 Å². The van der Waals surface area contributed by atoms with E-state index in [2.05, 4.69) is 9.97 Å². The van der Waals surface area contributed by atoms with E-state index in [9.17, 15) is 24.6 Å². The van der Waals surface area contributed by atoms with E-state index in [1.54, 1.807) is 6.07 Å². The summed E-state index contributed by atoms with van der Waals surface area (Å²) in [6.07, 6.45) is 1.50. The van der Waals surface area contributed by atoms with Crippen LogP contribution >= 0.6 is 11.6 Å². The van der Waals surface area contributed by atoms with Crippen LogP contribution in [0.1, 0.15) is 20.7 Å². The van der Waals surface area contributed by atoms with Crippen molar-refractivity contribution in [2.75, 3.05) is 5.73 Å². The molecule has 3 aromatic rings. The van der Waals surface area contributed by atoms with Crippen molar-refractivity contribution in [3.05, 3.63) is 57.0 Å². The third kappa shape index (κ3) is 2.68. The molecule has 2 aromatic heterocycles. The van der Waals surface area contributed by atoms with E-state index in [-0.39, 0.29) is 11.1 Å². The van der Waals surface area contributed by atoms with Gasteiger partial charge in [0.1, 0.15) is 16.9 Å². The zero-order chi connectivity index (χ0) is 18.3. The first kappa shape index (κ1) is 16.5.